The van der Waals surface area contributed by atoms with Crippen molar-refractivity contribution in [3.8, 4) is 0 Å². The first-order valence-electron chi connectivity index (χ1n) is 5.22. The minimum atomic E-state index is -0.780. The van der Waals surface area contributed by atoms with E-state index >= 15 is 0 Å². The van der Waals surface area contributed by atoms with Crippen LogP contribution in [-0.2, 0) is 5.60 Å². The van der Waals surface area contributed by atoms with Gasteiger partial charge in [-0.3, -0.25) is 0 Å². The van der Waals surface area contributed by atoms with Gasteiger partial charge in [0, 0.05) is 4.90 Å². The van der Waals surface area contributed by atoms with Crippen molar-refractivity contribution in [2.75, 3.05) is 6.26 Å². The maximum Gasteiger partial charge on any atom is 0.137 e. The monoisotopic (exact) mass is 226 g/mol. The molecule has 1 saturated carbocycles. The predicted molar refractivity (Wildman–Crippen MR) is 60.5 cm³/mol. The van der Waals surface area contributed by atoms with Gasteiger partial charge in [0.05, 0.1) is 5.60 Å². The van der Waals surface area contributed by atoms with Crippen LogP contribution in [0.2, 0.25) is 0 Å². The predicted octanol–water partition coefficient (Wildman–Crippen LogP) is 3.31. The van der Waals surface area contributed by atoms with Crippen molar-refractivity contribution in [3.63, 3.8) is 0 Å². The highest BCUT2D eigenvalue weighted by atomic mass is 32.2. The van der Waals surface area contributed by atoms with Crippen LogP contribution in [0.5, 0.6) is 0 Å². The molecule has 0 aliphatic heterocycles. The third-order valence-electron chi connectivity index (χ3n) is 3.12. The fraction of sp³-hybridized carbons (Fsp3) is 0.500. The average molecular weight is 226 g/mol. The summed E-state index contributed by atoms with van der Waals surface area (Å²) in [5.41, 5.74) is -0.0482. The van der Waals surface area contributed by atoms with E-state index in [1.165, 1.54) is 17.8 Å². The van der Waals surface area contributed by atoms with Gasteiger partial charge in [-0.25, -0.2) is 4.39 Å². The Kier molecular flexibility index (Phi) is 3.03. The molecule has 0 atom stereocenters. The van der Waals surface area contributed by atoms with Crippen LogP contribution in [0.25, 0.3) is 0 Å². The van der Waals surface area contributed by atoms with E-state index in [4.69, 9.17) is 0 Å². The first-order chi connectivity index (χ1) is 7.15. The number of rotatable bonds is 2. The van der Waals surface area contributed by atoms with Crippen LogP contribution in [0, 0.1) is 5.82 Å². The molecule has 82 valence electrons. The summed E-state index contributed by atoms with van der Waals surface area (Å²) in [4.78, 5) is 0.639. The summed E-state index contributed by atoms with van der Waals surface area (Å²) >= 11 is 1.39. The summed E-state index contributed by atoms with van der Waals surface area (Å²) < 4.78 is 13.5. The number of benzene rings is 1. The van der Waals surface area contributed by atoms with E-state index in [0.717, 1.165) is 31.2 Å². The molecule has 0 saturated heterocycles. The fourth-order valence-corrected chi connectivity index (χ4v) is 2.66. The lowest BCUT2D eigenvalue weighted by molar-refractivity contribution is 0.0441. The topological polar surface area (TPSA) is 20.2 Å². The lowest BCUT2D eigenvalue weighted by atomic mass is 9.92. The number of thioether (sulfide) groups is 1. The van der Waals surface area contributed by atoms with Gasteiger partial charge in [0.25, 0.3) is 0 Å². The van der Waals surface area contributed by atoms with Gasteiger partial charge < -0.3 is 5.11 Å². The van der Waals surface area contributed by atoms with Gasteiger partial charge in [-0.1, -0.05) is 18.9 Å². The van der Waals surface area contributed by atoms with E-state index in [1.807, 2.05) is 12.3 Å². The molecular weight excluding hydrogens is 211 g/mol. The van der Waals surface area contributed by atoms with Gasteiger partial charge in [0.1, 0.15) is 5.82 Å². The average Bonchev–Trinajstić information content (AvgIpc) is 2.66. The molecular formula is C12H15FOS. The van der Waals surface area contributed by atoms with Gasteiger partial charge in [0.15, 0.2) is 0 Å². The molecule has 1 aromatic rings. The molecule has 0 heterocycles. The van der Waals surface area contributed by atoms with Gasteiger partial charge in [-0.15, -0.1) is 11.8 Å². The van der Waals surface area contributed by atoms with Crippen LogP contribution in [0.3, 0.4) is 0 Å². The third kappa shape index (κ3) is 2.04. The molecule has 15 heavy (non-hydrogen) atoms. The summed E-state index contributed by atoms with van der Waals surface area (Å²) in [5, 5.41) is 10.3. The zero-order valence-corrected chi connectivity index (χ0v) is 9.61. The fourth-order valence-electron chi connectivity index (χ4n) is 2.20. The Bertz CT molecular complexity index is 359. The van der Waals surface area contributed by atoms with Crippen molar-refractivity contribution < 1.29 is 9.50 Å². The van der Waals surface area contributed by atoms with Gasteiger partial charge in [-0.2, -0.15) is 0 Å². The Hall–Kier alpha value is -0.540. The molecule has 0 unspecified atom stereocenters. The van der Waals surface area contributed by atoms with Crippen LogP contribution in [0.4, 0.5) is 4.39 Å². The molecule has 0 spiro atoms. The van der Waals surface area contributed by atoms with Crippen molar-refractivity contribution in [1.82, 2.24) is 0 Å². The van der Waals surface area contributed by atoms with E-state index in [1.54, 1.807) is 6.07 Å². The molecule has 1 aliphatic rings. The second kappa shape index (κ2) is 4.14. The quantitative estimate of drug-likeness (QED) is 0.781. The zero-order chi connectivity index (χ0) is 10.9. The van der Waals surface area contributed by atoms with Gasteiger partial charge in [-0.05, 0) is 36.8 Å². The molecule has 1 fully saturated rings. The molecule has 1 aliphatic carbocycles. The van der Waals surface area contributed by atoms with E-state index in [0.29, 0.717) is 4.90 Å². The molecule has 2 rings (SSSR count). The second-order valence-electron chi connectivity index (χ2n) is 4.09. The highest BCUT2D eigenvalue weighted by Crippen LogP contribution is 2.39. The SMILES string of the molecule is CSc1ccc(C2(O)CCCC2)cc1F. The first-order valence-corrected chi connectivity index (χ1v) is 6.44. The van der Waals surface area contributed by atoms with Gasteiger partial charge in [0.2, 0.25) is 0 Å². The van der Waals surface area contributed by atoms with Crippen LogP contribution in [0.15, 0.2) is 23.1 Å². The van der Waals surface area contributed by atoms with Crippen molar-refractivity contribution in [2.45, 2.75) is 36.2 Å². The molecule has 0 bridgehead atoms. The summed E-state index contributed by atoms with van der Waals surface area (Å²) in [6.45, 7) is 0. The van der Waals surface area contributed by atoms with Gasteiger partial charge >= 0.3 is 0 Å². The highest BCUT2D eigenvalue weighted by Gasteiger charge is 2.33. The highest BCUT2D eigenvalue weighted by molar-refractivity contribution is 7.98. The largest absolute Gasteiger partial charge is 0.385 e. The van der Waals surface area contributed by atoms with Crippen LogP contribution in [-0.4, -0.2) is 11.4 Å². The maximum absolute atomic E-state index is 13.5. The number of aliphatic hydroxyl groups is 1. The van der Waals surface area contributed by atoms with Crippen molar-refractivity contribution in [2.24, 2.45) is 0 Å². The normalized spacial score (nSPS) is 19.4. The number of hydrogen-bond donors (Lipinski definition) is 1. The molecule has 1 N–H and O–H groups in total. The Balaban J connectivity index is 2.33. The number of hydrogen-bond acceptors (Lipinski definition) is 2. The Morgan fingerprint density at radius 3 is 2.53 bits per heavy atom. The minimum absolute atomic E-state index is 0.222. The van der Waals surface area contributed by atoms with Crippen molar-refractivity contribution in [3.05, 3.63) is 29.6 Å². The van der Waals surface area contributed by atoms with E-state index < -0.39 is 5.60 Å². The maximum atomic E-state index is 13.5. The van der Waals surface area contributed by atoms with E-state index in [9.17, 15) is 9.50 Å². The zero-order valence-electron chi connectivity index (χ0n) is 8.79. The Labute approximate surface area is 93.7 Å². The summed E-state index contributed by atoms with van der Waals surface area (Å²) in [6.07, 6.45) is 5.42. The standard InChI is InChI=1S/C12H15FOS/c1-15-11-5-4-9(8-10(11)13)12(14)6-2-3-7-12/h4-5,8,14H,2-3,6-7H2,1H3. The Morgan fingerprint density at radius 1 is 1.33 bits per heavy atom. The molecule has 0 amide bonds. The number of halogens is 1. The third-order valence-corrected chi connectivity index (χ3v) is 3.89. The molecule has 0 radical (unpaired) electrons. The second-order valence-corrected chi connectivity index (χ2v) is 4.94. The first kappa shape index (κ1) is 11.0. The minimum Gasteiger partial charge on any atom is -0.385 e. The molecule has 1 nitrogen and oxygen atoms in total. The lowest BCUT2D eigenvalue weighted by Crippen LogP contribution is -2.20. The van der Waals surface area contributed by atoms with E-state index in [2.05, 4.69) is 0 Å². The lowest BCUT2D eigenvalue weighted by Gasteiger charge is -2.22. The van der Waals surface area contributed by atoms with Crippen LogP contribution >= 0.6 is 11.8 Å². The summed E-state index contributed by atoms with van der Waals surface area (Å²) in [5.74, 6) is -0.222. The van der Waals surface area contributed by atoms with Crippen molar-refractivity contribution in [1.29, 1.82) is 0 Å². The summed E-state index contributed by atoms with van der Waals surface area (Å²) in [6, 6.07) is 5.09. The van der Waals surface area contributed by atoms with Crippen LogP contribution < -0.4 is 0 Å². The Morgan fingerprint density at radius 2 is 2.00 bits per heavy atom. The molecule has 3 heteroatoms. The van der Waals surface area contributed by atoms with E-state index in [-0.39, 0.29) is 5.82 Å². The smallest absolute Gasteiger partial charge is 0.137 e. The van der Waals surface area contributed by atoms with Crippen LogP contribution in [0.1, 0.15) is 31.2 Å². The molecule has 1 aromatic carbocycles. The summed E-state index contributed by atoms with van der Waals surface area (Å²) in [7, 11) is 0. The molecule has 0 aromatic heterocycles. The van der Waals surface area contributed by atoms with Crippen molar-refractivity contribution >= 4 is 11.8 Å².